The second-order valence-electron chi connectivity index (χ2n) is 4.79. The van der Waals surface area contributed by atoms with E-state index in [9.17, 15) is 4.79 Å². The number of hydrogen-bond acceptors (Lipinski definition) is 3. The lowest BCUT2D eigenvalue weighted by atomic mass is 10.1. The van der Waals surface area contributed by atoms with Crippen molar-refractivity contribution in [2.45, 2.75) is 39.2 Å². The van der Waals surface area contributed by atoms with Gasteiger partial charge >= 0.3 is 0 Å². The minimum Gasteiger partial charge on any atom is -0.369 e. The van der Waals surface area contributed by atoms with E-state index in [1.165, 1.54) is 0 Å². The summed E-state index contributed by atoms with van der Waals surface area (Å²) >= 11 is 6.13. The van der Waals surface area contributed by atoms with Gasteiger partial charge in [-0.15, -0.1) is 0 Å². The first-order valence-corrected chi connectivity index (χ1v) is 7.25. The van der Waals surface area contributed by atoms with Crippen LogP contribution in [0.1, 0.15) is 43.5 Å². The van der Waals surface area contributed by atoms with E-state index in [1.54, 1.807) is 12.3 Å². The standard InChI is InChI=1S/C14H20ClN3O/c1-3-11-6-5-7-18(11)14(19)10-8-12(15)13(16-4-2)17-9-10/h8-9,11H,3-7H2,1-2H3,(H,16,17). The molecule has 0 spiro atoms. The zero-order valence-corrected chi connectivity index (χ0v) is 12.2. The molecule has 5 heteroatoms. The largest absolute Gasteiger partial charge is 0.369 e. The number of aromatic nitrogens is 1. The van der Waals surface area contributed by atoms with Gasteiger partial charge in [-0.3, -0.25) is 4.79 Å². The molecule has 104 valence electrons. The Kier molecular flexibility index (Phi) is 4.64. The van der Waals surface area contributed by atoms with Crippen LogP contribution in [0, 0.1) is 0 Å². The molecule has 1 N–H and O–H groups in total. The number of pyridine rings is 1. The maximum atomic E-state index is 12.4. The van der Waals surface area contributed by atoms with Crippen LogP contribution in [0.15, 0.2) is 12.3 Å². The molecule has 1 saturated heterocycles. The van der Waals surface area contributed by atoms with E-state index in [0.717, 1.165) is 32.4 Å². The van der Waals surface area contributed by atoms with Crippen LogP contribution in [0.4, 0.5) is 5.82 Å². The van der Waals surface area contributed by atoms with Crippen molar-refractivity contribution in [1.82, 2.24) is 9.88 Å². The summed E-state index contributed by atoms with van der Waals surface area (Å²) in [6.07, 6.45) is 4.79. The maximum Gasteiger partial charge on any atom is 0.255 e. The highest BCUT2D eigenvalue weighted by molar-refractivity contribution is 6.33. The van der Waals surface area contributed by atoms with Crippen molar-refractivity contribution in [3.05, 3.63) is 22.8 Å². The summed E-state index contributed by atoms with van der Waals surface area (Å²) in [5.41, 5.74) is 0.576. The van der Waals surface area contributed by atoms with Crippen LogP contribution in [-0.4, -0.2) is 34.9 Å². The molecule has 1 fully saturated rings. The van der Waals surface area contributed by atoms with Crippen LogP contribution in [0.5, 0.6) is 0 Å². The molecule has 1 aromatic rings. The van der Waals surface area contributed by atoms with Gasteiger partial charge in [-0.05, 0) is 32.3 Å². The number of carbonyl (C=O) groups is 1. The Morgan fingerprint density at radius 3 is 3.00 bits per heavy atom. The van der Waals surface area contributed by atoms with E-state index in [4.69, 9.17) is 11.6 Å². The second kappa shape index (κ2) is 6.24. The van der Waals surface area contributed by atoms with Gasteiger partial charge in [-0.1, -0.05) is 18.5 Å². The topological polar surface area (TPSA) is 45.2 Å². The predicted molar refractivity (Wildman–Crippen MR) is 77.8 cm³/mol. The summed E-state index contributed by atoms with van der Waals surface area (Å²) in [7, 11) is 0. The number of anilines is 1. The lowest BCUT2D eigenvalue weighted by Crippen LogP contribution is -2.35. The molecule has 1 aliphatic heterocycles. The summed E-state index contributed by atoms with van der Waals surface area (Å²) < 4.78 is 0. The van der Waals surface area contributed by atoms with Crippen LogP contribution in [0.25, 0.3) is 0 Å². The number of likely N-dealkylation sites (tertiary alicyclic amines) is 1. The zero-order valence-electron chi connectivity index (χ0n) is 11.4. The Bertz CT molecular complexity index is 464. The van der Waals surface area contributed by atoms with Gasteiger partial charge in [0.25, 0.3) is 5.91 Å². The fraction of sp³-hybridized carbons (Fsp3) is 0.571. The molecule has 2 heterocycles. The first-order valence-electron chi connectivity index (χ1n) is 6.87. The Hall–Kier alpha value is -1.29. The lowest BCUT2D eigenvalue weighted by Gasteiger charge is -2.23. The fourth-order valence-corrected chi connectivity index (χ4v) is 2.78. The Morgan fingerprint density at radius 2 is 2.37 bits per heavy atom. The van der Waals surface area contributed by atoms with Gasteiger partial charge < -0.3 is 10.2 Å². The van der Waals surface area contributed by atoms with Gasteiger partial charge in [0, 0.05) is 25.3 Å². The minimum atomic E-state index is 0.0433. The molecule has 0 bridgehead atoms. The summed E-state index contributed by atoms with van der Waals surface area (Å²) in [6.45, 7) is 5.69. The zero-order chi connectivity index (χ0) is 13.8. The highest BCUT2D eigenvalue weighted by Crippen LogP contribution is 2.25. The average molecular weight is 282 g/mol. The molecule has 0 aliphatic carbocycles. The quantitative estimate of drug-likeness (QED) is 0.922. The number of nitrogens with zero attached hydrogens (tertiary/aromatic N) is 2. The lowest BCUT2D eigenvalue weighted by molar-refractivity contribution is 0.0733. The third-order valence-electron chi connectivity index (χ3n) is 3.54. The molecule has 19 heavy (non-hydrogen) atoms. The molecule has 2 rings (SSSR count). The third kappa shape index (κ3) is 3.00. The number of carbonyl (C=O) groups excluding carboxylic acids is 1. The normalized spacial score (nSPS) is 18.7. The fourth-order valence-electron chi connectivity index (χ4n) is 2.55. The number of halogens is 1. The first kappa shape index (κ1) is 14.1. The summed E-state index contributed by atoms with van der Waals surface area (Å²) in [5.74, 6) is 0.677. The van der Waals surface area contributed by atoms with Crippen molar-refractivity contribution in [3.8, 4) is 0 Å². The van der Waals surface area contributed by atoms with Crippen molar-refractivity contribution in [2.75, 3.05) is 18.4 Å². The van der Waals surface area contributed by atoms with Gasteiger partial charge in [0.05, 0.1) is 10.6 Å². The Morgan fingerprint density at radius 1 is 1.58 bits per heavy atom. The molecule has 4 nitrogen and oxygen atoms in total. The number of nitrogens with one attached hydrogen (secondary N) is 1. The van der Waals surface area contributed by atoms with E-state index in [1.807, 2.05) is 11.8 Å². The number of rotatable bonds is 4. The van der Waals surface area contributed by atoms with E-state index < -0.39 is 0 Å². The highest BCUT2D eigenvalue weighted by Gasteiger charge is 2.28. The van der Waals surface area contributed by atoms with E-state index in [-0.39, 0.29) is 5.91 Å². The van der Waals surface area contributed by atoms with Crippen LogP contribution in [0.2, 0.25) is 5.02 Å². The number of hydrogen-bond donors (Lipinski definition) is 1. The molecule has 0 saturated carbocycles. The molecule has 0 aromatic carbocycles. The van der Waals surface area contributed by atoms with Crippen LogP contribution in [-0.2, 0) is 0 Å². The van der Waals surface area contributed by atoms with Crippen molar-refractivity contribution < 1.29 is 4.79 Å². The Labute approximate surface area is 119 Å². The van der Waals surface area contributed by atoms with Gasteiger partial charge in [-0.2, -0.15) is 0 Å². The van der Waals surface area contributed by atoms with Crippen LogP contribution in [0.3, 0.4) is 0 Å². The molecule has 1 atom stereocenters. The second-order valence-corrected chi connectivity index (χ2v) is 5.19. The van der Waals surface area contributed by atoms with Crippen molar-refractivity contribution in [2.24, 2.45) is 0 Å². The minimum absolute atomic E-state index is 0.0433. The molecular weight excluding hydrogens is 262 g/mol. The van der Waals surface area contributed by atoms with Gasteiger partial charge in [0.1, 0.15) is 5.82 Å². The molecule has 1 unspecified atom stereocenters. The molecule has 1 aliphatic rings. The average Bonchev–Trinajstić information content (AvgIpc) is 2.88. The van der Waals surface area contributed by atoms with E-state index in [0.29, 0.717) is 22.4 Å². The SMILES string of the molecule is CCNc1ncc(C(=O)N2CCCC2CC)cc1Cl. The summed E-state index contributed by atoms with van der Waals surface area (Å²) in [6, 6.07) is 2.07. The van der Waals surface area contributed by atoms with Crippen molar-refractivity contribution in [3.63, 3.8) is 0 Å². The van der Waals surface area contributed by atoms with Crippen molar-refractivity contribution >= 4 is 23.3 Å². The van der Waals surface area contributed by atoms with Crippen LogP contribution < -0.4 is 5.32 Å². The van der Waals surface area contributed by atoms with E-state index in [2.05, 4.69) is 17.2 Å². The van der Waals surface area contributed by atoms with Gasteiger partial charge in [-0.25, -0.2) is 4.98 Å². The first-order chi connectivity index (χ1) is 9.17. The van der Waals surface area contributed by atoms with Crippen LogP contribution >= 0.6 is 11.6 Å². The summed E-state index contributed by atoms with van der Waals surface area (Å²) in [4.78, 5) is 18.6. The third-order valence-corrected chi connectivity index (χ3v) is 3.83. The van der Waals surface area contributed by atoms with Gasteiger partial charge in [0.15, 0.2) is 0 Å². The Balaban J connectivity index is 2.17. The van der Waals surface area contributed by atoms with Gasteiger partial charge in [0.2, 0.25) is 0 Å². The monoisotopic (exact) mass is 281 g/mol. The number of amides is 1. The van der Waals surface area contributed by atoms with Crippen molar-refractivity contribution in [1.29, 1.82) is 0 Å². The molecular formula is C14H20ClN3O. The molecule has 1 amide bonds. The predicted octanol–water partition coefficient (Wildman–Crippen LogP) is 3.18. The molecule has 0 radical (unpaired) electrons. The maximum absolute atomic E-state index is 12.4. The summed E-state index contributed by atoms with van der Waals surface area (Å²) in [5, 5.41) is 3.56. The van der Waals surface area contributed by atoms with E-state index >= 15 is 0 Å². The molecule has 1 aromatic heterocycles. The highest BCUT2D eigenvalue weighted by atomic mass is 35.5. The smallest absolute Gasteiger partial charge is 0.255 e.